The Kier molecular flexibility index (Phi) is 1.88. The van der Waals surface area contributed by atoms with Crippen molar-refractivity contribution in [2.75, 3.05) is 0 Å². The number of azo groups is 1. The standard InChI is InChI=1S/C7H6ClN3O2S/c8-7(14(9,12)13)5-3-1-2-4-6(5)10-11-7/h1-4H,(H2,9,12,13). The Bertz CT molecular complexity index is 513. The molecule has 0 radical (unpaired) electrons. The Balaban J connectivity index is 2.71. The number of nitrogens with two attached hydrogens (primary N) is 1. The summed E-state index contributed by atoms with van der Waals surface area (Å²) in [6.07, 6.45) is 0. The number of rotatable bonds is 1. The van der Waals surface area contributed by atoms with Gasteiger partial charge in [-0.25, -0.2) is 13.6 Å². The Morgan fingerprint density at radius 1 is 1.36 bits per heavy atom. The van der Waals surface area contributed by atoms with Crippen molar-refractivity contribution >= 4 is 27.3 Å². The molecule has 0 amide bonds. The summed E-state index contributed by atoms with van der Waals surface area (Å²) < 4.78 is 20.5. The maximum atomic E-state index is 11.2. The van der Waals surface area contributed by atoms with E-state index >= 15 is 0 Å². The van der Waals surface area contributed by atoms with Gasteiger partial charge < -0.3 is 0 Å². The minimum absolute atomic E-state index is 0.296. The second-order valence-corrected chi connectivity index (χ2v) is 5.28. The van der Waals surface area contributed by atoms with Gasteiger partial charge in [-0.15, -0.1) is 5.11 Å². The van der Waals surface area contributed by atoms with E-state index in [-0.39, 0.29) is 0 Å². The quantitative estimate of drug-likeness (QED) is 0.586. The van der Waals surface area contributed by atoms with E-state index in [0.717, 1.165) is 0 Å². The Hall–Kier alpha value is -0.980. The van der Waals surface area contributed by atoms with Crippen molar-refractivity contribution < 1.29 is 8.42 Å². The topological polar surface area (TPSA) is 84.9 Å². The highest BCUT2D eigenvalue weighted by molar-refractivity contribution is 7.91. The van der Waals surface area contributed by atoms with Gasteiger partial charge in [0.15, 0.2) is 0 Å². The monoisotopic (exact) mass is 231 g/mol. The molecule has 7 heteroatoms. The molecule has 74 valence electrons. The number of hydrogen-bond acceptors (Lipinski definition) is 4. The molecule has 5 nitrogen and oxygen atoms in total. The molecule has 0 aromatic heterocycles. The van der Waals surface area contributed by atoms with Gasteiger partial charge in [0.25, 0.3) is 14.4 Å². The molecule has 1 aliphatic rings. The molecule has 1 heterocycles. The van der Waals surface area contributed by atoms with Gasteiger partial charge in [0.05, 0.1) is 5.69 Å². The molecule has 2 rings (SSSR count). The van der Waals surface area contributed by atoms with Gasteiger partial charge in [0.2, 0.25) is 0 Å². The van der Waals surface area contributed by atoms with Gasteiger partial charge in [0, 0.05) is 5.56 Å². The first kappa shape index (κ1) is 9.57. The SMILES string of the molecule is NS(=O)(=O)C1(Cl)N=Nc2ccccc21. The number of hydrogen-bond donors (Lipinski definition) is 1. The van der Waals surface area contributed by atoms with Crippen molar-refractivity contribution in [1.82, 2.24) is 0 Å². The number of primary sulfonamides is 1. The third kappa shape index (κ3) is 1.15. The van der Waals surface area contributed by atoms with Crippen LogP contribution in [0.15, 0.2) is 34.5 Å². The first-order valence-electron chi connectivity index (χ1n) is 3.69. The number of nitrogens with zero attached hydrogens (tertiary/aromatic N) is 2. The number of fused-ring (bicyclic) bond motifs is 1. The summed E-state index contributed by atoms with van der Waals surface area (Å²) in [5.74, 6) is 0. The normalized spacial score (nSPS) is 25.0. The average Bonchev–Trinajstić information content (AvgIpc) is 2.45. The van der Waals surface area contributed by atoms with Crippen LogP contribution in [0.25, 0.3) is 0 Å². The van der Waals surface area contributed by atoms with Crippen LogP contribution < -0.4 is 5.14 Å². The minimum atomic E-state index is -4.01. The van der Waals surface area contributed by atoms with Gasteiger partial charge >= 0.3 is 0 Å². The van der Waals surface area contributed by atoms with Gasteiger partial charge in [-0.3, -0.25) is 0 Å². The van der Waals surface area contributed by atoms with E-state index in [1.54, 1.807) is 18.2 Å². The molecule has 0 spiro atoms. The lowest BCUT2D eigenvalue weighted by Crippen LogP contribution is -2.32. The van der Waals surface area contributed by atoms with E-state index in [1.165, 1.54) is 6.07 Å². The van der Waals surface area contributed by atoms with Gasteiger partial charge in [-0.1, -0.05) is 29.8 Å². The molecule has 1 aromatic carbocycles. The highest BCUT2D eigenvalue weighted by Gasteiger charge is 2.46. The van der Waals surface area contributed by atoms with Crippen LogP contribution in [0.2, 0.25) is 0 Å². The van der Waals surface area contributed by atoms with Crippen molar-refractivity contribution in [2.24, 2.45) is 15.4 Å². The third-order valence-corrected chi connectivity index (χ3v) is 3.88. The largest absolute Gasteiger partial charge is 0.295 e. The fraction of sp³-hybridized carbons (Fsp3) is 0.143. The van der Waals surface area contributed by atoms with E-state index in [2.05, 4.69) is 10.2 Å². The first-order valence-corrected chi connectivity index (χ1v) is 5.61. The van der Waals surface area contributed by atoms with E-state index < -0.39 is 14.4 Å². The maximum Gasteiger partial charge on any atom is 0.295 e. The number of halogens is 1. The lowest BCUT2D eigenvalue weighted by atomic mass is 10.2. The molecule has 14 heavy (non-hydrogen) atoms. The van der Waals surface area contributed by atoms with Crippen LogP contribution in [0.1, 0.15) is 5.56 Å². The van der Waals surface area contributed by atoms with Crippen molar-refractivity contribution in [1.29, 1.82) is 0 Å². The first-order chi connectivity index (χ1) is 6.45. The molecule has 1 aliphatic heterocycles. The Morgan fingerprint density at radius 2 is 2.00 bits per heavy atom. The highest BCUT2D eigenvalue weighted by atomic mass is 35.5. The molecule has 0 saturated heterocycles. The predicted molar refractivity (Wildman–Crippen MR) is 51.6 cm³/mol. The van der Waals surface area contributed by atoms with Gasteiger partial charge in [0.1, 0.15) is 0 Å². The molecule has 1 unspecified atom stereocenters. The predicted octanol–water partition coefficient (Wildman–Crippen LogP) is 1.42. The number of benzene rings is 1. The zero-order valence-electron chi connectivity index (χ0n) is 6.88. The van der Waals surface area contributed by atoms with Crippen molar-refractivity contribution in [3.05, 3.63) is 29.8 Å². The summed E-state index contributed by atoms with van der Waals surface area (Å²) in [6, 6.07) is 6.52. The van der Waals surface area contributed by atoms with Crippen LogP contribution in [0.3, 0.4) is 0 Å². The number of sulfonamides is 1. The summed E-state index contributed by atoms with van der Waals surface area (Å²) in [5.41, 5.74) is 0.723. The van der Waals surface area contributed by atoms with Crippen molar-refractivity contribution in [3.63, 3.8) is 0 Å². The Morgan fingerprint density at radius 3 is 2.64 bits per heavy atom. The van der Waals surface area contributed by atoms with Crippen LogP contribution in [0.4, 0.5) is 5.69 Å². The molecule has 0 aliphatic carbocycles. The van der Waals surface area contributed by atoms with E-state index in [0.29, 0.717) is 11.3 Å². The molecule has 0 fully saturated rings. The summed E-state index contributed by atoms with van der Waals surface area (Å²) >= 11 is 5.80. The van der Waals surface area contributed by atoms with E-state index in [4.69, 9.17) is 16.7 Å². The molecule has 0 saturated carbocycles. The molecule has 1 atom stereocenters. The molecular formula is C7H6ClN3O2S. The second-order valence-electron chi connectivity index (χ2n) is 2.82. The molecule has 2 N–H and O–H groups in total. The number of alkyl halides is 1. The van der Waals surface area contributed by atoms with Crippen LogP contribution in [-0.4, -0.2) is 8.42 Å². The summed E-state index contributed by atoms with van der Waals surface area (Å²) in [4.78, 5) is 0. The third-order valence-electron chi connectivity index (χ3n) is 1.90. The van der Waals surface area contributed by atoms with Gasteiger partial charge in [-0.2, -0.15) is 5.11 Å². The van der Waals surface area contributed by atoms with E-state index in [9.17, 15) is 8.42 Å². The van der Waals surface area contributed by atoms with Crippen LogP contribution in [0, 0.1) is 0 Å². The minimum Gasteiger partial charge on any atom is -0.225 e. The second kappa shape index (κ2) is 2.75. The zero-order valence-corrected chi connectivity index (χ0v) is 8.46. The summed E-state index contributed by atoms with van der Waals surface area (Å²) in [6.45, 7) is 0. The van der Waals surface area contributed by atoms with Crippen LogP contribution in [0.5, 0.6) is 0 Å². The lowest BCUT2D eigenvalue weighted by Gasteiger charge is -2.14. The zero-order chi connectivity index (χ0) is 10.4. The smallest absolute Gasteiger partial charge is 0.225 e. The Labute approximate surface area is 85.6 Å². The fourth-order valence-electron chi connectivity index (χ4n) is 1.20. The van der Waals surface area contributed by atoms with Crippen LogP contribution >= 0.6 is 11.6 Å². The van der Waals surface area contributed by atoms with Gasteiger partial charge in [-0.05, 0) is 6.07 Å². The summed E-state index contributed by atoms with van der Waals surface area (Å²) in [7, 11) is -4.01. The average molecular weight is 232 g/mol. The highest BCUT2D eigenvalue weighted by Crippen LogP contribution is 2.45. The lowest BCUT2D eigenvalue weighted by molar-refractivity contribution is 0.577. The molecule has 0 bridgehead atoms. The van der Waals surface area contributed by atoms with Crippen molar-refractivity contribution in [2.45, 2.75) is 4.33 Å². The summed E-state index contributed by atoms with van der Waals surface area (Å²) in [5, 5.41) is 12.1. The fourth-order valence-corrected chi connectivity index (χ4v) is 2.04. The molecule has 1 aromatic rings. The van der Waals surface area contributed by atoms with E-state index in [1.807, 2.05) is 0 Å². The molecular weight excluding hydrogens is 226 g/mol. The van der Waals surface area contributed by atoms with Crippen LogP contribution in [-0.2, 0) is 14.4 Å². The van der Waals surface area contributed by atoms with Crippen molar-refractivity contribution in [3.8, 4) is 0 Å². The maximum absolute atomic E-state index is 11.2.